The van der Waals surface area contributed by atoms with Crippen molar-refractivity contribution in [1.29, 1.82) is 0 Å². The van der Waals surface area contributed by atoms with Crippen molar-refractivity contribution < 1.29 is 17.9 Å². The Balaban J connectivity index is 1.77. The number of rotatable bonds is 9. The predicted octanol–water partition coefficient (Wildman–Crippen LogP) is 3.03. The summed E-state index contributed by atoms with van der Waals surface area (Å²) in [6.45, 7) is 0.963. The molecule has 2 aromatic rings. The summed E-state index contributed by atoms with van der Waals surface area (Å²) in [5, 5.41) is 4.25. The van der Waals surface area contributed by atoms with Crippen molar-refractivity contribution in [2.75, 3.05) is 20.2 Å². The van der Waals surface area contributed by atoms with Crippen molar-refractivity contribution in [2.45, 2.75) is 30.6 Å². The summed E-state index contributed by atoms with van der Waals surface area (Å²) in [4.78, 5) is 11.2. The van der Waals surface area contributed by atoms with E-state index in [1.807, 2.05) is 30.3 Å². The molecule has 0 spiro atoms. The predicted molar refractivity (Wildman–Crippen MR) is 98.0 cm³/mol. The third-order valence-electron chi connectivity index (χ3n) is 3.89. The number of alkyl carbamates (subject to hydrolysis) is 1. The van der Waals surface area contributed by atoms with E-state index in [1.165, 1.54) is 7.11 Å². The quantitative estimate of drug-likeness (QED) is 0.670. The van der Waals surface area contributed by atoms with Gasteiger partial charge in [0, 0.05) is 18.5 Å². The number of methoxy groups -OCH3 is 1. The van der Waals surface area contributed by atoms with Crippen LogP contribution in [0.1, 0.15) is 25.7 Å². The molecule has 2 aromatic carbocycles. The molecule has 0 aliphatic rings. The number of nitrogens with one attached hydrogen (secondary N) is 2. The lowest BCUT2D eigenvalue weighted by molar-refractivity contribution is 0.171. The van der Waals surface area contributed by atoms with Crippen molar-refractivity contribution in [3.63, 3.8) is 0 Å². The normalized spacial score (nSPS) is 11.4. The number of ether oxygens (including phenoxy) is 1. The van der Waals surface area contributed by atoms with Crippen molar-refractivity contribution in [2.24, 2.45) is 0 Å². The number of sulfonamides is 1. The number of amides is 1. The average Bonchev–Trinajstić information content (AvgIpc) is 2.63. The second-order valence-corrected chi connectivity index (χ2v) is 7.44. The van der Waals surface area contributed by atoms with Crippen LogP contribution in [0.2, 0.25) is 0 Å². The fourth-order valence-electron chi connectivity index (χ4n) is 2.58. The van der Waals surface area contributed by atoms with E-state index in [0.29, 0.717) is 18.0 Å². The van der Waals surface area contributed by atoms with Gasteiger partial charge in [-0.1, -0.05) is 49.2 Å². The second-order valence-electron chi connectivity index (χ2n) is 5.71. The maximum Gasteiger partial charge on any atom is 0.406 e. The van der Waals surface area contributed by atoms with Gasteiger partial charge in [0.1, 0.15) is 0 Å². The van der Waals surface area contributed by atoms with E-state index in [1.54, 1.807) is 12.1 Å². The molecular weight excluding hydrogens is 340 g/mol. The third kappa shape index (κ3) is 5.72. The van der Waals surface area contributed by atoms with Crippen LogP contribution in [-0.2, 0) is 14.8 Å². The molecule has 7 heteroatoms. The van der Waals surface area contributed by atoms with Gasteiger partial charge in [-0.3, -0.25) is 0 Å². The zero-order valence-electron chi connectivity index (χ0n) is 14.3. The highest BCUT2D eigenvalue weighted by molar-refractivity contribution is 7.89. The minimum absolute atomic E-state index is 0.313. The van der Waals surface area contributed by atoms with Crippen LogP contribution in [0.25, 0.3) is 10.8 Å². The molecule has 0 aliphatic heterocycles. The van der Waals surface area contributed by atoms with Crippen LogP contribution in [0.3, 0.4) is 0 Å². The fraction of sp³-hybridized carbons (Fsp3) is 0.389. The van der Waals surface area contributed by atoms with E-state index in [4.69, 9.17) is 0 Å². The Bertz CT molecular complexity index is 800. The largest absolute Gasteiger partial charge is 0.453 e. The lowest BCUT2D eigenvalue weighted by atomic mass is 10.1. The molecule has 0 fully saturated rings. The topological polar surface area (TPSA) is 84.5 Å². The number of carbonyl (C=O) groups is 1. The molecule has 0 heterocycles. The average molecular weight is 364 g/mol. The molecule has 0 bridgehead atoms. The van der Waals surface area contributed by atoms with Crippen molar-refractivity contribution in [1.82, 2.24) is 10.0 Å². The lowest BCUT2D eigenvalue weighted by Crippen LogP contribution is -2.25. The highest BCUT2D eigenvalue weighted by atomic mass is 32.2. The van der Waals surface area contributed by atoms with Gasteiger partial charge in [0.25, 0.3) is 0 Å². The van der Waals surface area contributed by atoms with Crippen LogP contribution in [0.15, 0.2) is 47.4 Å². The van der Waals surface area contributed by atoms with Gasteiger partial charge in [0.2, 0.25) is 10.0 Å². The van der Waals surface area contributed by atoms with Gasteiger partial charge < -0.3 is 10.1 Å². The molecule has 0 aromatic heterocycles. The Morgan fingerprint density at radius 2 is 1.64 bits per heavy atom. The smallest absolute Gasteiger partial charge is 0.406 e. The minimum atomic E-state index is -3.52. The number of unbranched alkanes of at least 4 members (excludes halogenated alkanes) is 3. The molecular formula is C18H24N2O4S. The molecule has 6 nitrogen and oxygen atoms in total. The number of hydrogen-bond donors (Lipinski definition) is 2. The highest BCUT2D eigenvalue weighted by Gasteiger charge is 2.16. The summed E-state index contributed by atoms with van der Waals surface area (Å²) in [5.74, 6) is 0. The summed E-state index contributed by atoms with van der Waals surface area (Å²) in [6.07, 6.45) is 2.97. The molecule has 1 amide bonds. The molecule has 0 atom stereocenters. The van der Waals surface area contributed by atoms with E-state index in [2.05, 4.69) is 14.8 Å². The Kier molecular flexibility index (Phi) is 7.21. The third-order valence-corrected chi connectivity index (χ3v) is 5.41. The van der Waals surface area contributed by atoms with Crippen molar-refractivity contribution in [3.05, 3.63) is 42.5 Å². The molecule has 2 rings (SSSR count). The SMILES string of the molecule is COC(=O)NCCCCCCNS(=O)(=O)c1cccc2ccccc12. The van der Waals surface area contributed by atoms with Gasteiger partial charge in [0.05, 0.1) is 12.0 Å². The second kappa shape index (κ2) is 9.39. The first-order chi connectivity index (χ1) is 12.0. The first-order valence-corrected chi connectivity index (χ1v) is 9.82. The monoisotopic (exact) mass is 364 g/mol. The molecule has 25 heavy (non-hydrogen) atoms. The van der Waals surface area contributed by atoms with Crippen LogP contribution in [-0.4, -0.2) is 34.7 Å². The maximum atomic E-state index is 12.5. The Morgan fingerprint density at radius 1 is 0.960 bits per heavy atom. The molecule has 136 valence electrons. The van der Waals surface area contributed by atoms with E-state index >= 15 is 0 Å². The van der Waals surface area contributed by atoms with E-state index in [-0.39, 0.29) is 0 Å². The van der Waals surface area contributed by atoms with Gasteiger partial charge in [0.15, 0.2) is 0 Å². The molecule has 0 saturated carbocycles. The van der Waals surface area contributed by atoms with E-state index in [9.17, 15) is 13.2 Å². The van der Waals surface area contributed by atoms with Gasteiger partial charge in [-0.15, -0.1) is 0 Å². The number of fused-ring (bicyclic) bond motifs is 1. The van der Waals surface area contributed by atoms with Crippen molar-refractivity contribution >= 4 is 26.9 Å². The van der Waals surface area contributed by atoms with Gasteiger partial charge >= 0.3 is 6.09 Å². The minimum Gasteiger partial charge on any atom is -0.453 e. The number of carbonyl (C=O) groups excluding carboxylic acids is 1. The maximum absolute atomic E-state index is 12.5. The standard InChI is InChI=1S/C18H24N2O4S/c1-24-18(21)19-13-6-2-3-7-14-20-25(22,23)17-12-8-10-15-9-4-5-11-16(15)17/h4-5,8-12,20H,2-3,6-7,13-14H2,1H3,(H,19,21). The van der Waals surface area contributed by atoms with Crippen LogP contribution >= 0.6 is 0 Å². The summed E-state index contributed by atoms with van der Waals surface area (Å²) >= 11 is 0. The summed E-state index contributed by atoms with van der Waals surface area (Å²) in [6, 6.07) is 12.7. The first kappa shape index (κ1) is 19.2. The van der Waals surface area contributed by atoms with Crippen LogP contribution in [0.4, 0.5) is 4.79 Å². The van der Waals surface area contributed by atoms with Crippen LogP contribution in [0, 0.1) is 0 Å². The Morgan fingerprint density at radius 3 is 2.40 bits per heavy atom. The van der Waals surface area contributed by atoms with Crippen LogP contribution in [0.5, 0.6) is 0 Å². The number of benzene rings is 2. The lowest BCUT2D eigenvalue weighted by Gasteiger charge is -2.09. The molecule has 0 aliphatic carbocycles. The molecule has 2 N–H and O–H groups in total. The summed E-state index contributed by atoms with van der Waals surface area (Å²) < 4.78 is 32.2. The molecule has 0 saturated heterocycles. The molecule has 0 unspecified atom stereocenters. The van der Waals surface area contributed by atoms with Gasteiger partial charge in [-0.2, -0.15) is 0 Å². The van der Waals surface area contributed by atoms with Gasteiger partial charge in [-0.05, 0) is 24.3 Å². The zero-order valence-corrected chi connectivity index (χ0v) is 15.1. The molecule has 0 radical (unpaired) electrons. The highest BCUT2D eigenvalue weighted by Crippen LogP contribution is 2.22. The number of hydrogen-bond acceptors (Lipinski definition) is 4. The van der Waals surface area contributed by atoms with Gasteiger partial charge in [-0.25, -0.2) is 17.9 Å². The van der Waals surface area contributed by atoms with E-state index < -0.39 is 16.1 Å². The fourth-order valence-corrected chi connectivity index (χ4v) is 3.88. The van der Waals surface area contributed by atoms with Crippen LogP contribution < -0.4 is 10.0 Å². The Labute approximate surface area is 148 Å². The Hall–Kier alpha value is -2.12. The zero-order chi connectivity index (χ0) is 18.1. The van der Waals surface area contributed by atoms with E-state index in [0.717, 1.165) is 36.5 Å². The van der Waals surface area contributed by atoms with Crippen molar-refractivity contribution in [3.8, 4) is 0 Å². The first-order valence-electron chi connectivity index (χ1n) is 8.34. The summed E-state index contributed by atoms with van der Waals surface area (Å²) in [5.41, 5.74) is 0. The summed E-state index contributed by atoms with van der Waals surface area (Å²) in [7, 11) is -2.19.